The van der Waals surface area contributed by atoms with Crippen molar-refractivity contribution in [2.24, 2.45) is 11.8 Å². The highest BCUT2D eigenvalue weighted by Gasteiger charge is 2.50. The molecule has 0 aromatic rings. The summed E-state index contributed by atoms with van der Waals surface area (Å²) >= 11 is 0. The van der Waals surface area contributed by atoms with Crippen LogP contribution in [0.3, 0.4) is 0 Å². The van der Waals surface area contributed by atoms with Gasteiger partial charge in [0.15, 0.2) is 0 Å². The van der Waals surface area contributed by atoms with Crippen LogP contribution in [0, 0.1) is 11.8 Å². The molecule has 2 aliphatic rings. The second kappa shape index (κ2) is 5.04. The van der Waals surface area contributed by atoms with Crippen LogP contribution < -0.4 is 5.32 Å². The summed E-state index contributed by atoms with van der Waals surface area (Å²) in [5.74, 6) is -1.47. The zero-order valence-electron chi connectivity index (χ0n) is 10.2. The lowest BCUT2D eigenvalue weighted by Gasteiger charge is -2.34. The van der Waals surface area contributed by atoms with E-state index < -0.39 is 11.9 Å². The lowest BCUT2D eigenvalue weighted by atomic mass is 10.0. The Morgan fingerprint density at radius 1 is 1.29 bits per heavy atom. The summed E-state index contributed by atoms with van der Waals surface area (Å²) in [5, 5.41) is 12.1. The summed E-state index contributed by atoms with van der Waals surface area (Å²) in [6.45, 7) is 4.55. The topological polar surface area (TPSA) is 69.6 Å². The van der Waals surface area contributed by atoms with Crippen molar-refractivity contribution in [1.29, 1.82) is 0 Å². The lowest BCUT2D eigenvalue weighted by molar-refractivity contribution is -0.142. The summed E-state index contributed by atoms with van der Waals surface area (Å²) in [6.07, 6.45) is 2.48. The molecule has 1 saturated carbocycles. The van der Waals surface area contributed by atoms with Gasteiger partial charge in [-0.15, -0.1) is 0 Å². The second-order valence-corrected chi connectivity index (χ2v) is 4.89. The van der Waals surface area contributed by atoms with Crippen LogP contribution in [-0.4, -0.2) is 47.6 Å². The molecule has 2 fully saturated rings. The number of nitrogens with one attached hydrogen (secondary N) is 1. The van der Waals surface area contributed by atoms with Crippen molar-refractivity contribution >= 4 is 11.9 Å². The zero-order valence-corrected chi connectivity index (χ0v) is 10.2. The molecule has 2 unspecified atom stereocenters. The summed E-state index contributed by atoms with van der Waals surface area (Å²) < 4.78 is 0. The van der Waals surface area contributed by atoms with E-state index in [0.717, 1.165) is 25.9 Å². The fraction of sp³-hybridized carbons (Fsp3) is 0.833. The molecule has 5 nitrogen and oxygen atoms in total. The first-order valence-corrected chi connectivity index (χ1v) is 6.39. The molecule has 2 rings (SSSR count). The quantitative estimate of drug-likeness (QED) is 0.742. The Bertz CT molecular complexity index is 313. The van der Waals surface area contributed by atoms with Gasteiger partial charge in [-0.3, -0.25) is 9.59 Å². The van der Waals surface area contributed by atoms with E-state index in [4.69, 9.17) is 5.11 Å². The van der Waals surface area contributed by atoms with Crippen LogP contribution in [0.2, 0.25) is 0 Å². The van der Waals surface area contributed by atoms with Gasteiger partial charge >= 0.3 is 5.97 Å². The molecule has 0 bridgehead atoms. The first-order valence-electron chi connectivity index (χ1n) is 6.39. The Morgan fingerprint density at radius 3 is 2.41 bits per heavy atom. The number of carbonyl (C=O) groups excluding carboxylic acids is 1. The molecule has 5 heteroatoms. The Kier molecular flexibility index (Phi) is 3.66. The molecule has 1 aliphatic heterocycles. The summed E-state index contributed by atoms with van der Waals surface area (Å²) in [6, 6.07) is 0.295. The van der Waals surface area contributed by atoms with Crippen LogP contribution in [0.5, 0.6) is 0 Å². The number of hydrogen-bond acceptors (Lipinski definition) is 3. The van der Waals surface area contributed by atoms with Gasteiger partial charge in [0.25, 0.3) is 0 Å². The van der Waals surface area contributed by atoms with Crippen molar-refractivity contribution in [3.63, 3.8) is 0 Å². The predicted molar refractivity (Wildman–Crippen MR) is 62.5 cm³/mol. The first-order chi connectivity index (χ1) is 8.15. The standard InChI is InChI=1S/C12H20N2O3/c1-2-14(8-3-5-13-6-4-8)11(15)9-7-10(9)12(16)17/h8-10,13H,2-7H2,1H3,(H,16,17). The molecule has 0 aromatic carbocycles. The second-order valence-electron chi connectivity index (χ2n) is 4.89. The van der Waals surface area contributed by atoms with Gasteiger partial charge in [0, 0.05) is 12.6 Å². The molecule has 96 valence electrons. The Hall–Kier alpha value is -1.10. The van der Waals surface area contributed by atoms with Crippen molar-refractivity contribution in [2.45, 2.75) is 32.2 Å². The highest BCUT2D eigenvalue weighted by molar-refractivity contribution is 5.89. The fourth-order valence-corrected chi connectivity index (χ4v) is 2.67. The van der Waals surface area contributed by atoms with Crippen molar-refractivity contribution in [1.82, 2.24) is 10.2 Å². The van der Waals surface area contributed by atoms with Crippen molar-refractivity contribution in [2.75, 3.05) is 19.6 Å². The van der Waals surface area contributed by atoms with E-state index in [1.165, 1.54) is 0 Å². The minimum Gasteiger partial charge on any atom is -0.481 e. The predicted octanol–water partition coefficient (Wildman–Crippen LogP) is 0.308. The van der Waals surface area contributed by atoms with Gasteiger partial charge in [0.2, 0.25) is 5.91 Å². The van der Waals surface area contributed by atoms with E-state index in [1.54, 1.807) is 0 Å². The number of aliphatic carboxylic acids is 1. The minimum atomic E-state index is -0.829. The van der Waals surface area contributed by atoms with Crippen LogP contribution in [0.1, 0.15) is 26.2 Å². The first kappa shape index (κ1) is 12.4. The number of rotatable bonds is 4. The molecule has 0 spiro atoms. The number of nitrogens with zero attached hydrogens (tertiary/aromatic N) is 1. The lowest BCUT2D eigenvalue weighted by Crippen LogP contribution is -2.46. The number of carbonyl (C=O) groups is 2. The van der Waals surface area contributed by atoms with Crippen molar-refractivity contribution < 1.29 is 14.7 Å². The normalized spacial score (nSPS) is 28.8. The van der Waals surface area contributed by atoms with Crippen molar-refractivity contribution in [3.05, 3.63) is 0 Å². The number of piperidine rings is 1. The van der Waals surface area contributed by atoms with E-state index >= 15 is 0 Å². The maximum atomic E-state index is 12.2. The van der Waals surface area contributed by atoms with E-state index in [2.05, 4.69) is 5.32 Å². The highest BCUT2D eigenvalue weighted by atomic mass is 16.4. The van der Waals surface area contributed by atoms with E-state index in [1.807, 2.05) is 11.8 Å². The van der Waals surface area contributed by atoms with Crippen LogP contribution in [-0.2, 0) is 9.59 Å². The highest BCUT2D eigenvalue weighted by Crippen LogP contribution is 2.40. The molecular weight excluding hydrogens is 220 g/mol. The monoisotopic (exact) mass is 240 g/mol. The summed E-state index contributed by atoms with van der Waals surface area (Å²) in [7, 11) is 0. The van der Waals surface area contributed by atoms with Crippen LogP contribution in [0.4, 0.5) is 0 Å². The van der Waals surface area contributed by atoms with Crippen LogP contribution >= 0.6 is 0 Å². The van der Waals surface area contributed by atoms with E-state index in [9.17, 15) is 9.59 Å². The maximum absolute atomic E-state index is 12.2. The molecule has 1 heterocycles. The average molecular weight is 240 g/mol. The molecule has 0 aromatic heterocycles. The number of carboxylic acid groups (broad SMARTS) is 1. The molecule has 0 radical (unpaired) electrons. The number of hydrogen-bond donors (Lipinski definition) is 2. The molecule has 1 saturated heterocycles. The van der Waals surface area contributed by atoms with Gasteiger partial charge in [0.1, 0.15) is 0 Å². The van der Waals surface area contributed by atoms with E-state index in [-0.39, 0.29) is 11.8 Å². The minimum absolute atomic E-state index is 0.0480. The molecule has 1 amide bonds. The molecule has 2 N–H and O–H groups in total. The van der Waals surface area contributed by atoms with Gasteiger partial charge in [-0.05, 0) is 39.3 Å². The van der Waals surface area contributed by atoms with Gasteiger partial charge in [-0.2, -0.15) is 0 Å². The Labute approximate surface area is 101 Å². The van der Waals surface area contributed by atoms with Crippen molar-refractivity contribution in [3.8, 4) is 0 Å². The van der Waals surface area contributed by atoms with Gasteiger partial charge in [-0.1, -0.05) is 0 Å². The third kappa shape index (κ3) is 2.60. The number of carboxylic acids is 1. The summed E-state index contributed by atoms with van der Waals surface area (Å²) in [4.78, 5) is 24.9. The van der Waals surface area contributed by atoms with Gasteiger partial charge in [-0.25, -0.2) is 0 Å². The largest absolute Gasteiger partial charge is 0.481 e. The molecule has 17 heavy (non-hydrogen) atoms. The Morgan fingerprint density at radius 2 is 1.94 bits per heavy atom. The number of amides is 1. The third-order valence-electron chi connectivity index (χ3n) is 3.80. The average Bonchev–Trinajstić information content (AvgIpc) is 3.11. The van der Waals surface area contributed by atoms with Gasteiger partial charge in [0.05, 0.1) is 11.8 Å². The molecule has 2 atom stereocenters. The van der Waals surface area contributed by atoms with Gasteiger partial charge < -0.3 is 15.3 Å². The third-order valence-corrected chi connectivity index (χ3v) is 3.80. The fourth-order valence-electron chi connectivity index (χ4n) is 2.67. The smallest absolute Gasteiger partial charge is 0.307 e. The SMILES string of the molecule is CCN(C(=O)C1CC1C(=O)O)C1CCNCC1. The van der Waals surface area contributed by atoms with Crippen LogP contribution in [0.25, 0.3) is 0 Å². The summed E-state index contributed by atoms with van der Waals surface area (Å²) in [5.41, 5.74) is 0. The molecular formula is C12H20N2O3. The van der Waals surface area contributed by atoms with E-state index in [0.29, 0.717) is 19.0 Å². The maximum Gasteiger partial charge on any atom is 0.307 e. The zero-order chi connectivity index (χ0) is 12.4. The molecule has 1 aliphatic carbocycles. The Balaban J connectivity index is 1.94. The van der Waals surface area contributed by atoms with Crippen LogP contribution in [0.15, 0.2) is 0 Å².